The van der Waals surface area contributed by atoms with Crippen molar-refractivity contribution in [1.29, 1.82) is 0 Å². The second-order valence-corrected chi connectivity index (χ2v) is 14.8. The highest BCUT2D eigenvalue weighted by Crippen LogP contribution is 2.64. The Morgan fingerprint density at radius 1 is 0.357 bits per heavy atom. The van der Waals surface area contributed by atoms with Crippen LogP contribution in [0, 0.1) is 0 Å². The molecule has 0 saturated carbocycles. The molecule has 1 spiro atoms. The predicted molar refractivity (Wildman–Crippen MR) is 227 cm³/mol. The van der Waals surface area contributed by atoms with Crippen LogP contribution in [0.25, 0.3) is 89.2 Å². The Balaban J connectivity index is 1.07. The molecule has 0 bridgehead atoms. The first kappa shape index (κ1) is 31.0. The summed E-state index contributed by atoms with van der Waals surface area (Å²) < 4.78 is 6.41. The Labute approximate surface area is 324 Å². The molecule has 2 heterocycles. The van der Waals surface area contributed by atoms with E-state index in [0.717, 1.165) is 61.1 Å². The van der Waals surface area contributed by atoms with Crippen molar-refractivity contribution in [3.8, 4) is 67.3 Å². The lowest BCUT2D eigenvalue weighted by molar-refractivity contribution is 0.670. The molecule has 2 aliphatic carbocycles. The van der Waals surface area contributed by atoms with E-state index in [1.54, 1.807) is 0 Å². The third-order valence-electron chi connectivity index (χ3n) is 11.9. The SMILES string of the molecule is c1ccc(-c2cc(-c3ccc(-c4cccc5c4oc4ccccc45)cc3)nc(-c3cccc4c3C3(c5ccccc5-c5ccccc53)c3ccccc3-4)n2)cc1. The largest absolute Gasteiger partial charge is 0.455 e. The van der Waals surface area contributed by atoms with E-state index >= 15 is 0 Å². The van der Waals surface area contributed by atoms with Crippen LogP contribution in [0.5, 0.6) is 0 Å². The monoisotopic (exact) mass is 712 g/mol. The third-order valence-corrected chi connectivity index (χ3v) is 11.9. The summed E-state index contributed by atoms with van der Waals surface area (Å²) in [5.41, 5.74) is 18.5. The molecule has 0 aliphatic heterocycles. The molecule has 3 nitrogen and oxygen atoms in total. The number of benzene rings is 8. The fraction of sp³-hybridized carbons (Fsp3) is 0.0189. The van der Waals surface area contributed by atoms with Crippen LogP contribution in [0.2, 0.25) is 0 Å². The maximum atomic E-state index is 6.41. The second kappa shape index (κ2) is 11.8. The van der Waals surface area contributed by atoms with Crippen LogP contribution in [0.1, 0.15) is 22.3 Å². The molecule has 56 heavy (non-hydrogen) atoms. The molecular formula is C53H32N2O. The molecule has 0 fully saturated rings. The van der Waals surface area contributed by atoms with E-state index in [-0.39, 0.29) is 0 Å². The zero-order valence-corrected chi connectivity index (χ0v) is 30.3. The topological polar surface area (TPSA) is 38.9 Å². The number of furan rings is 1. The maximum Gasteiger partial charge on any atom is 0.160 e. The van der Waals surface area contributed by atoms with Crippen LogP contribution in [0.3, 0.4) is 0 Å². The first-order chi connectivity index (χ1) is 27.8. The minimum Gasteiger partial charge on any atom is -0.455 e. The molecule has 10 aromatic rings. The van der Waals surface area contributed by atoms with Gasteiger partial charge in [-0.25, -0.2) is 9.97 Å². The Bertz CT molecular complexity index is 3130. The van der Waals surface area contributed by atoms with Gasteiger partial charge >= 0.3 is 0 Å². The van der Waals surface area contributed by atoms with Crippen LogP contribution >= 0.6 is 0 Å². The van der Waals surface area contributed by atoms with Crippen molar-refractivity contribution in [2.45, 2.75) is 5.41 Å². The molecule has 0 atom stereocenters. The summed E-state index contributed by atoms with van der Waals surface area (Å²) in [6, 6.07) is 69.4. The van der Waals surface area contributed by atoms with Gasteiger partial charge in [-0.1, -0.05) is 182 Å². The van der Waals surface area contributed by atoms with E-state index in [4.69, 9.17) is 14.4 Å². The zero-order valence-electron chi connectivity index (χ0n) is 30.3. The minimum absolute atomic E-state index is 0.513. The standard InChI is InChI=1S/C53H32N2O/c1-2-14-34(15-3-1)47-32-48(35-30-28-33(29-31-35)36-20-12-22-42-40-19-7-11-27-49(40)56-51(36)42)55-52(54-47)43-23-13-21-41-39-18-6-10-26-46(39)53(50(41)43)44-24-8-4-16-37(44)38-17-5-9-25-45(38)53/h1-32H. The molecular weight excluding hydrogens is 681 g/mol. The van der Waals surface area contributed by atoms with E-state index in [1.807, 2.05) is 18.2 Å². The van der Waals surface area contributed by atoms with Gasteiger partial charge < -0.3 is 4.42 Å². The van der Waals surface area contributed by atoms with Crippen LogP contribution in [0.4, 0.5) is 0 Å². The summed E-state index contributed by atoms with van der Waals surface area (Å²) in [5.74, 6) is 0.711. The van der Waals surface area contributed by atoms with Gasteiger partial charge in [0.05, 0.1) is 16.8 Å². The highest BCUT2D eigenvalue weighted by molar-refractivity contribution is 6.09. The van der Waals surface area contributed by atoms with Crippen molar-refractivity contribution in [3.05, 3.63) is 216 Å². The molecule has 12 rings (SSSR count). The van der Waals surface area contributed by atoms with Gasteiger partial charge in [0.1, 0.15) is 11.2 Å². The Hall–Kier alpha value is -7.36. The highest BCUT2D eigenvalue weighted by Gasteiger charge is 2.52. The number of fused-ring (bicyclic) bond motifs is 13. The molecule has 0 saturated heterocycles. The lowest BCUT2D eigenvalue weighted by Gasteiger charge is -2.32. The van der Waals surface area contributed by atoms with Gasteiger partial charge in [-0.15, -0.1) is 0 Å². The van der Waals surface area contributed by atoms with Crippen molar-refractivity contribution in [3.63, 3.8) is 0 Å². The van der Waals surface area contributed by atoms with Gasteiger partial charge in [-0.2, -0.15) is 0 Å². The van der Waals surface area contributed by atoms with E-state index in [1.165, 1.54) is 44.5 Å². The van der Waals surface area contributed by atoms with Gasteiger partial charge in [-0.3, -0.25) is 0 Å². The van der Waals surface area contributed by atoms with Crippen molar-refractivity contribution in [2.75, 3.05) is 0 Å². The Kier molecular flexibility index (Phi) is 6.55. The molecule has 0 radical (unpaired) electrons. The molecule has 2 aliphatic rings. The first-order valence-electron chi connectivity index (χ1n) is 19.2. The third kappa shape index (κ3) is 4.28. The zero-order chi connectivity index (χ0) is 36.8. The minimum atomic E-state index is -0.513. The number of rotatable bonds is 4. The van der Waals surface area contributed by atoms with Crippen LogP contribution < -0.4 is 0 Å². The molecule has 8 aromatic carbocycles. The molecule has 0 amide bonds. The average molecular weight is 713 g/mol. The number of hydrogen-bond donors (Lipinski definition) is 0. The van der Waals surface area contributed by atoms with Crippen molar-refractivity contribution >= 4 is 21.9 Å². The van der Waals surface area contributed by atoms with Crippen molar-refractivity contribution in [2.24, 2.45) is 0 Å². The first-order valence-corrected chi connectivity index (χ1v) is 19.2. The van der Waals surface area contributed by atoms with Crippen LogP contribution in [-0.4, -0.2) is 9.97 Å². The van der Waals surface area contributed by atoms with Gasteiger partial charge in [0, 0.05) is 33.0 Å². The predicted octanol–water partition coefficient (Wildman–Crippen LogP) is 13.4. The van der Waals surface area contributed by atoms with E-state index in [2.05, 4.69) is 176 Å². The number of para-hydroxylation sites is 2. The normalized spacial score (nSPS) is 13.1. The van der Waals surface area contributed by atoms with Crippen molar-refractivity contribution in [1.82, 2.24) is 9.97 Å². The quantitative estimate of drug-likeness (QED) is 0.182. The summed E-state index contributed by atoms with van der Waals surface area (Å²) in [6.07, 6.45) is 0. The molecule has 260 valence electrons. The van der Waals surface area contributed by atoms with Gasteiger partial charge in [0.2, 0.25) is 0 Å². The van der Waals surface area contributed by atoms with Crippen molar-refractivity contribution < 1.29 is 4.42 Å². The molecule has 3 heteroatoms. The highest BCUT2D eigenvalue weighted by atomic mass is 16.3. The molecule has 0 N–H and O–H groups in total. The summed E-state index contributed by atoms with van der Waals surface area (Å²) in [7, 11) is 0. The number of nitrogens with zero attached hydrogens (tertiary/aromatic N) is 2. The number of aromatic nitrogens is 2. The lowest BCUT2D eigenvalue weighted by atomic mass is 9.69. The van der Waals surface area contributed by atoms with Gasteiger partial charge in [-0.05, 0) is 62.2 Å². The fourth-order valence-corrected chi connectivity index (χ4v) is 9.61. The smallest absolute Gasteiger partial charge is 0.160 e. The average Bonchev–Trinajstić information content (AvgIpc) is 3.91. The van der Waals surface area contributed by atoms with E-state index in [0.29, 0.717) is 5.82 Å². The molecule has 2 aromatic heterocycles. The number of hydrogen-bond acceptors (Lipinski definition) is 3. The Morgan fingerprint density at radius 3 is 1.54 bits per heavy atom. The summed E-state index contributed by atoms with van der Waals surface area (Å²) in [6.45, 7) is 0. The van der Waals surface area contributed by atoms with Gasteiger partial charge in [0.15, 0.2) is 5.82 Å². The summed E-state index contributed by atoms with van der Waals surface area (Å²) >= 11 is 0. The Morgan fingerprint density at radius 2 is 0.839 bits per heavy atom. The fourth-order valence-electron chi connectivity index (χ4n) is 9.61. The van der Waals surface area contributed by atoms with E-state index < -0.39 is 5.41 Å². The summed E-state index contributed by atoms with van der Waals surface area (Å²) in [5, 5.41) is 2.25. The van der Waals surface area contributed by atoms with Gasteiger partial charge in [0.25, 0.3) is 0 Å². The summed E-state index contributed by atoms with van der Waals surface area (Å²) in [4.78, 5) is 10.9. The van der Waals surface area contributed by atoms with Crippen LogP contribution in [0.15, 0.2) is 199 Å². The second-order valence-electron chi connectivity index (χ2n) is 14.8. The maximum absolute atomic E-state index is 6.41. The van der Waals surface area contributed by atoms with E-state index in [9.17, 15) is 0 Å². The molecule has 0 unspecified atom stereocenters. The van der Waals surface area contributed by atoms with Crippen LogP contribution in [-0.2, 0) is 5.41 Å². The lowest BCUT2D eigenvalue weighted by Crippen LogP contribution is -2.26.